The first-order valence-electron chi connectivity index (χ1n) is 8.01. The number of hydrogen-bond acceptors (Lipinski definition) is 5. The molecule has 1 aromatic heterocycles. The van der Waals surface area contributed by atoms with Gasteiger partial charge in [0.05, 0.1) is 0 Å². The molecule has 0 spiro atoms. The highest BCUT2D eigenvalue weighted by Crippen LogP contribution is 2.22. The predicted molar refractivity (Wildman–Crippen MR) is 94.3 cm³/mol. The van der Waals surface area contributed by atoms with Crippen molar-refractivity contribution in [2.45, 2.75) is 51.8 Å². The number of likely N-dealkylation sites (tertiary alicyclic amines) is 1. The van der Waals surface area contributed by atoms with Crippen LogP contribution in [0.3, 0.4) is 0 Å². The molecule has 1 aromatic rings. The Morgan fingerprint density at radius 2 is 2.17 bits per heavy atom. The maximum atomic E-state index is 12.3. The summed E-state index contributed by atoms with van der Waals surface area (Å²) in [6, 6.07) is 0.136. The van der Waals surface area contributed by atoms with E-state index in [1.165, 1.54) is 0 Å². The number of carbonyl (C=O) groups is 1. The van der Waals surface area contributed by atoms with Crippen LogP contribution in [-0.2, 0) is 11.3 Å². The van der Waals surface area contributed by atoms with Crippen molar-refractivity contribution < 1.29 is 9.53 Å². The van der Waals surface area contributed by atoms with Crippen molar-refractivity contribution in [3.05, 3.63) is 22.2 Å². The van der Waals surface area contributed by atoms with Crippen molar-refractivity contribution in [1.82, 2.24) is 19.8 Å². The number of hydrogen-bond donors (Lipinski definition) is 0. The van der Waals surface area contributed by atoms with Crippen LogP contribution in [0.15, 0.2) is 6.20 Å². The molecule has 1 amide bonds. The van der Waals surface area contributed by atoms with Gasteiger partial charge in [-0.15, -0.1) is 0 Å². The second-order valence-corrected chi connectivity index (χ2v) is 7.82. The van der Waals surface area contributed by atoms with Gasteiger partial charge >= 0.3 is 6.09 Å². The van der Waals surface area contributed by atoms with E-state index in [0.29, 0.717) is 11.7 Å². The topological polar surface area (TPSA) is 58.6 Å². The molecule has 1 aliphatic rings. The first-order chi connectivity index (χ1) is 11.2. The molecule has 134 valence electrons. The molecular formula is C16H24Cl2N4O2. The second kappa shape index (κ2) is 7.85. The van der Waals surface area contributed by atoms with Gasteiger partial charge in [0, 0.05) is 37.4 Å². The molecule has 0 aromatic carbocycles. The lowest BCUT2D eigenvalue weighted by Crippen LogP contribution is -2.44. The molecule has 0 saturated carbocycles. The molecule has 0 aliphatic carbocycles. The van der Waals surface area contributed by atoms with Crippen molar-refractivity contribution >= 4 is 29.3 Å². The Bertz CT molecular complexity index is 592. The van der Waals surface area contributed by atoms with Gasteiger partial charge in [-0.3, -0.25) is 4.90 Å². The highest BCUT2D eigenvalue weighted by Gasteiger charge is 2.32. The molecule has 0 radical (unpaired) electrons. The van der Waals surface area contributed by atoms with E-state index in [4.69, 9.17) is 27.9 Å². The molecule has 2 rings (SSSR count). The largest absolute Gasteiger partial charge is 0.444 e. The SMILES string of the molecule is CN(Cc1cnc(Cl)nc1Cl)C[C@H]1CCCN1C(=O)OC(C)(C)C. The van der Waals surface area contributed by atoms with Crippen molar-refractivity contribution in [1.29, 1.82) is 0 Å². The summed E-state index contributed by atoms with van der Waals surface area (Å²) in [6.07, 6.45) is 3.34. The van der Waals surface area contributed by atoms with E-state index >= 15 is 0 Å². The molecule has 24 heavy (non-hydrogen) atoms. The number of amides is 1. The average molecular weight is 375 g/mol. The van der Waals surface area contributed by atoms with Gasteiger partial charge in [-0.1, -0.05) is 11.6 Å². The summed E-state index contributed by atoms with van der Waals surface area (Å²) in [5.41, 5.74) is 0.329. The summed E-state index contributed by atoms with van der Waals surface area (Å²) in [5, 5.41) is 0.496. The lowest BCUT2D eigenvalue weighted by molar-refractivity contribution is 0.0201. The van der Waals surface area contributed by atoms with Crippen LogP contribution in [0.1, 0.15) is 39.2 Å². The third kappa shape index (κ3) is 5.46. The van der Waals surface area contributed by atoms with E-state index in [0.717, 1.165) is 31.5 Å². The molecule has 2 heterocycles. The number of rotatable bonds is 4. The van der Waals surface area contributed by atoms with E-state index in [1.807, 2.05) is 32.7 Å². The van der Waals surface area contributed by atoms with Crippen LogP contribution in [0.2, 0.25) is 10.4 Å². The number of carbonyl (C=O) groups excluding carboxylic acids is 1. The van der Waals surface area contributed by atoms with E-state index in [1.54, 1.807) is 6.20 Å². The van der Waals surface area contributed by atoms with Gasteiger partial charge in [-0.25, -0.2) is 14.8 Å². The molecule has 6 nitrogen and oxygen atoms in total. The number of ether oxygens (including phenoxy) is 1. The second-order valence-electron chi connectivity index (χ2n) is 7.12. The highest BCUT2D eigenvalue weighted by molar-refractivity contribution is 6.32. The summed E-state index contributed by atoms with van der Waals surface area (Å²) in [5.74, 6) is 0. The zero-order valence-corrected chi connectivity index (χ0v) is 16.1. The Morgan fingerprint density at radius 1 is 1.46 bits per heavy atom. The minimum absolute atomic E-state index is 0.136. The van der Waals surface area contributed by atoms with Crippen molar-refractivity contribution in [3.8, 4) is 0 Å². The molecule has 1 fully saturated rings. The molecule has 0 N–H and O–H groups in total. The third-order valence-electron chi connectivity index (χ3n) is 3.75. The van der Waals surface area contributed by atoms with Crippen molar-refractivity contribution in [3.63, 3.8) is 0 Å². The fraction of sp³-hybridized carbons (Fsp3) is 0.688. The Kier molecular flexibility index (Phi) is 6.28. The van der Waals surface area contributed by atoms with Crippen molar-refractivity contribution in [2.24, 2.45) is 0 Å². The standard InChI is InChI=1S/C16H24Cl2N4O2/c1-16(2,3)24-15(23)22-7-5-6-12(22)10-21(4)9-11-8-19-14(18)20-13(11)17/h8,12H,5-7,9-10H2,1-4H3/t12-/m1/s1. The van der Waals surface area contributed by atoms with Gasteiger partial charge in [0.1, 0.15) is 10.8 Å². The van der Waals surface area contributed by atoms with Crippen LogP contribution < -0.4 is 0 Å². The Balaban J connectivity index is 1.94. The number of nitrogens with zero attached hydrogens (tertiary/aromatic N) is 4. The molecule has 1 saturated heterocycles. The van der Waals surface area contributed by atoms with Crippen LogP contribution in [0.4, 0.5) is 4.79 Å². The molecule has 8 heteroatoms. The Labute approximate surface area is 153 Å². The zero-order chi connectivity index (χ0) is 17.9. The summed E-state index contributed by atoms with van der Waals surface area (Å²) in [7, 11) is 1.98. The number of halogens is 2. The van der Waals surface area contributed by atoms with Crippen LogP contribution in [0, 0.1) is 0 Å². The van der Waals surface area contributed by atoms with Gasteiger partial charge in [-0.05, 0) is 52.3 Å². The molecular weight excluding hydrogens is 351 g/mol. The highest BCUT2D eigenvalue weighted by atomic mass is 35.5. The quantitative estimate of drug-likeness (QED) is 0.594. The molecule has 0 unspecified atom stereocenters. The van der Waals surface area contributed by atoms with Crippen LogP contribution >= 0.6 is 23.2 Å². The van der Waals surface area contributed by atoms with Crippen LogP contribution in [-0.4, -0.2) is 57.6 Å². The van der Waals surface area contributed by atoms with E-state index < -0.39 is 5.60 Å². The smallest absolute Gasteiger partial charge is 0.410 e. The monoisotopic (exact) mass is 374 g/mol. The minimum Gasteiger partial charge on any atom is -0.444 e. The van der Waals surface area contributed by atoms with Gasteiger partial charge in [0.25, 0.3) is 0 Å². The number of aromatic nitrogens is 2. The van der Waals surface area contributed by atoms with Gasteiger partial charge in [0.2, 0.25) is 5.28 Å². The first kappa shape index (κ1) is 19.2. The predicted octanol–water partition coefficient (Wildman–Crippen LogP) is 3.61. The average Bonchev–Trinajstić information content (AvgIpc) is 2.88. The Hall–Kier alpha value is -1.11. The summed E-state index contributed by atoms with van der Waals surface area (Å²) >= 11 is 11.8. The van der Waals surface area contributed by atoms with Crippen LogP contribution in [0.5, 0.6) is 0 Å². The maximum Gasteiger partial charge on any atom is 0.410 e. The summed E-state index contributed by atoms with van der Waals surface area (Å²) in [4.78, 5) is 24.2. The minimum atomic E-state index is -0.482. The maximum absolute atomic E-state index is 12.3. The molecule has 0 bridgehead atoms. The Morgan fingerprint density at radius 3 is 2.79 bits per heavy atom. The lowest BCUT2D eigenvalue weighted by Gasteiger charge is -2.31. The van der Waals surface area contributed by atoms with Gasteiger partial charge in [0.15, 0.2) is 0 Å². The zero-order valence-electron chi connectivity index (χ0n) is 14.6. The fourth-order valence-electron chi connectivity index (χ4n) is 2.77. The van der Waals surface area contributed by atoms with E-state index in [2.05, 4.69) is 14.9 Å². The molecule has 1 aliphatic heterocycles. The van der Waals surface area contributed by atoms with E-state index in [-0.39, 0.29) is 17.4 Å². The fourth-order valence-corrected chi connectivity index (χ4v) is 3.14. The lowest BCUT2D eigenvalue weighted by atomic mass is 10.2. The summed E-state index contributed by atoms with van der Waals surface area (Å²) < 4.78 is 5.50. The van der Waals surface area contributed by atoms with Gasteiger partial charge in [-0.2, -0.15) is 0 Å². The van der Waals surface area contributed by atoms with Crippen molar-refractivity contribution in [2.75, 3.05) is 20.1 Å². The summed E-state index contributed by atoms with van der Waals surface area (Å²) in [6.45, 7) is 7.70. The first-order valence-corrected chi connectivity index (χ1v) is 8.76. The molecule has 1 atom stereocenters. The van der Waals surface area contributed by atoms with E-state index in [9.17, 15) is 4.79 Å². The number of likely N-dealkylation sites (N-methyl/N-ethyl adjacent to an activating group) is 1. The van der Waals surface area contributed by atoms with Gasteiger partial charge < -0.3 is 9.64 Å². The van der Waals surface area contributed by atoms with Crippen LogP contribution in [0.25, 0.3) is 0 Å². The normalized spacial score (nSPS) is 18.3. The third-order valence-corrected chi connectivity index (χ3v) is 4.26.